The largest absolute Gasteiger partial charge is 0.494 e. The van der Waals surface area contributed by atoms with E-state index >= 15 is 0 Å². The Hall–Kier alpha value is -2.15. The Morgan fingerprint density at radius 3 is 2.69 bits per heavy atom. The predicted octanol–water partition coefficient (Wildman–Crippen LogP) is 3.25. The maximum Gasteiger partial charge on any atom is 0.316 e. The molecule has 1 unspecified atom stereocenters. The van der Waals surface area contributed by atoms with Gasteiger partial charge in [-0.05, 0) is 53.4 Å². The monoisotopic (exact) mass is 419 g/mol. The van der Waals surface area contributed by atoms with E-state index in [1.165, 1.54) is 0 Å². The maximum atomic E-state index is 12.6. The van der Waals surface area contributed by atoms with Crippen molar-refractivity contribution in [3.63, 3.8) is 0 Å². The summed E-state index contributed by atoms with van der Waals surface area (Å²) in [7, 11) is 0. The van der Waals surface area contributed by atoms with Gasteiger partial charge < -0.3 is 14.4 Å². The number of ether oxygens (including phenoxy) is 2. The Morgan fingerprint density at radius 1 is 1.27 bits per heavy atom. The molecule has 1 aromatic heterocycles. The summed E-state index contributed by atoms with van der Waals surface area (Å²) in [5, 5.41) is 0. The molecule has 0 bridgehead atoms. The average molecular weight is 420 g/mol. The minimum Gasteiger partial charge on any atom is -0.494 e. The lowest BCUT2D eigenvalue weighted by Gasteiger charge is -2.32. The van der Waals surface area contributed by atoms with Crippen molar-refractivity contribution >= 4 is 21.8 Å². The summed E-state index contributed by atoms with van der Waals surface area (Å²) in [6, 6.07) is 8.03. The molecule has 2 heterocycles. The summed E-state index contributed by atoms with van der Waals surface area (Å²) in [6.07, 6.45) is 5.42. The zero-order valence-corrected chi connectivity index (χ0v) is 16.3. The molecule has 3 rings (SSSR count). The number of halogens is 1. The Labute approximate surface area is 161 Å². The van der Waals surface area contributed by atoms with Crippen LogP contribution < -0.4 is 9.47 Å². The minimum absolute atomic E-state index is 0.0748. The van der Waals surface area contributed by atoms with E-state index in [4.69, 9.17) is 9.47 Å². The maximum absolute atomic E-state index is 12.6. The lowest BCUT2D eigenvalue weighted by molar-refractivity contribution is -0.133. The highest BCUT2D eigenvalue weighted by molar-refractivity contribution is 9.10. The molecule has 0 saturated carbocycles. The number of carbonyl (C=O) groups is 1. The first-order valence-electron chi connectivity index (χ1n) is 8.77. The average Bonchev–Trinajstić information content (AvgIpc) is 2.66. The number of rotatable bonds is 6. The van der Waals surface area contributed by atoms with Crippen LogP contribution in [0.1, 0.15) is 25.3 Å². The number of benzene rings is 1. The fourth-order valence-electron chi connectivity index (χ4n) is 2.93. The molecule has 1 fully saturated rings. The second-order valence-corrected chi connectivity index (χ2v) is 7.08. The van der Waals surface area contributed by atoms with Gasteiger partial charge in [0.15, 0.2) is 0 Å². The quantitative estimate of drug-likeness (QED) is 0.718. The molecule has 0 N–H and O–H groups in total. The van der Waals surface area contributed by atoms with Crippen molar-refractivity contribution in [1.82, 2.24) is 14.9 Å². The minimum atomic E-state index is -0.0748. The van der Waals surface area contributed by atoms with Gasteiger partial charge in [-0.1, -0.05) is 12.1 Å². The molecule has 0 spiro atoms. The first-order chi connectivity index (χ1) is 12.6. The van der Waals surface area contributed by atoms with Gasteiger partial charge in [-0.2, -0.15) is 0 Å². The number of hydrogen-bond acceptors (Lipinski definition) is 5. The molecular weight excluding hydrogens is 398 g/mol. The van der Waals surface area contributed by atoms with Crippen LogP contribution in [0.4, 0.5) is 0 Å². The molecule has 1 aliphatic heterocycles. The lowest BCUT2D eigenvalue weighted by Crippen LogP contribution is -2.45. The van der Waals surface area contributed by atoms with E-state index in [1.54, 1.807) is 12.4 Å². The third-order valence-electron chi connectivity index (χ3n) is 4.19. The highest BCUT2D eigenvalue weighted by atomic mass is 79.9. The molecule has 7 heteroatoms. The summed E-state index contributed by atoms with van der Waals surface area (Å²) >= 11 is 3.30. The van der Waals surface area contributed by atoms with Gasteiger partial charge in [0.25, 0.3) is 0 Å². The van der Waals surface area contributed by atoms with Crippen LogP contribution >= 0.6 is 15.9 Å². The van der Waals surface area contributed by atoms with Crippen LogP contribution in [0.25, 0.3) is 0 Å². The number of hydrogen-bond donors (Lipinski definition) is 0. The van der Waals surface area contributed by atoms with E-state index in [-0.39, 0.29) is 12.0 Å². The normalized spacial score (nSPS) is 17.0. The van der Waals surface area contributed by atoms with Crippen molar-refractivity contribution in [2.24, 2.45) is 0 Å². The lowest BCUT2D eigenvalue weighted by atomic mass is 10.1. The standard InChI is InChI=1S/C19H22BrN3O3/c1-2-25-16-7-5-14(6-8-16)10-18(24)23-9-3-4-17(13-23)26-19-21-11-15(20)12-22-19/h5-8,11-12,17H,2-4,9-10,13H2,1H3. The SMILES string of the molecule is CCOc1ccc(CC(=O)N2CCCC(Oc3ncc(Br)cn3)C2)cc1. The van der Waals surface area contributed by atoms with Crippen LogP contribution in [0, 0.1) is 0 Å². The van der Waals surface area contributed by atoms with Crippen molar-refractivity contribution in [2.45, 2.75) is 32.3 Å². The molecule has 138 valence electrons. The molecule has 0 aliphatic carbocycles. The van der Waals surface area contributed by atoms with E-state index < -0.39 is 0 Å². The Kier molecular flexibility index (Phi) is 6.44. The van der Waals surface area contributed by atoms with E-state index in [0.29, 0.717) is 25.6 Å². The zero-order chi connectivity index (χ0) is 18.4. The topological polar surface area (TPSA) is 64.5 Å². The Morgan fingerprint density at radius 2 is 2.00 bits per heavy atom. The van der Waals surface area contributed by atoms with Crippen LogP contribution in [-0.2, 0) is 11.2 Å². The molecule has 1 atom stereocenters. The highest BCUT2D eigenvalue weighted by Gasteiger charge is 2.25. The molecular formula is C19H22BrN3O3. The summed E-state index contributed by atoms with van der Waals surface area (Å²) in [5.74, 6) is 0.934. The number of carbonyl (C=O) groups excluding carboxylic acids is 1. The van der Waals surface area contributed by atoms with Crippen molar-refractivity contribution in [3.05, 3.63) is 46.7 Å². The summed E-state index contributed by atoms with van der Waals surface area (Å²) in [6.45, 7) is 3.91. The van der Waals surface area contributed by atoms with E-state index in [2.05, 4.69) is 25.9 Å². The van der Waals surface area contributed by atoms with Gasteiger partial charge in [-0.25, -0.2) is 9.97 Å². The first-order valence-corrected chi connectivity index (χ1v) is 9.57. The molecule has 26 heavy (non-hydrogen) atoms. The molecule has 1 aliphatic rings. The predicted molar refractivity (Wildman–Crippen MR) is 101 cm³/mol. The Balaban J connectivity index is 1.54. The number of aromatic nitrogens is 2. The first kappa shape index (κ1) is 18.6. The molecule has 1 amide bonds. The second kappa shape index (κ2) is 8.98. The fourth-order valence-corrected chi connectivity index (χ4v) is 3.13. The zero-order valence-electron chi connectivity index (χ0n) is 14.7. The van der Waals surface area contributed by atoms with Gasteiger partial charge in [-0.3, -0.25) is 4.79 Å². The van der Waals surface area contributed by atoms with E-state index in [1.807, 2.05) is 36.1 Å². The van der Waals surface area contributed by atoms with Crippen molar-refractivity contribution in [2.75, 3.05) is 19.7 Å². The number of piperidine rings is 1. The molecule has 0 radical (unpaired) electrons. The number of likely N-dealkylation sites (tertiary alicyclic amines) is 1. The van der Waals surface area contributed by atoms with Crippen LogP contribution in [-0.4, -0.2) is 46.6 Å². The molecule has 1 aromatic carbocycles. The van der Waals surface area contributed by atoms with Crippen molar-refractivity contribution in [3.8, 4) is 11.8 Å². The van der Waals surface area contributed by atoms with E-state index in [9.17, 15) is 4.79 Å². The third kappa shape index (κ3) is 5.17. The smallest absolute Gasteiger partial charge is 0.316 e. The van der Waals surface area contributed by atoms with Crippen LogP contribution in [0.2, 0.25) is 0 Å². The number of nitrogens with zero attached hydrogens (tertiary/aromatic N) is 3. The summed E-state index contributed by atoms with van der Waals surface area (Å²) in [5.41, 5.74) is 0.984. The molecule has 2 aromatic rings. The number of amides is 1. The van der Waals surface area contributed by atoms with Crippen LogP contribution in [0.3, 0.4) is 0 Å². The van der Waals surface area contributed by atoms with Gasteiger partial charge in [0, 0.05) is 18.9 Å². The fraction of sp³-hybridized carbons (Fsp3) is 0.421. The van der Waals surface area contributed by atoms with Gasteiger partial charge in [0.1, 0.15) is 11.9 Å². The Bertz CT molecular complexity index is 722. The summed E-state index contributed by atoms with van der Waals surface area (Å²) in [4.78, 5) is 22.8. The molecule has 6 nitrogen and oxygen atoms in total. The molecule has 1 saturated heterocycles. The summed E-state index contributed by atoms with van der Waals surface area (Å²) < 4.78 is 12.1. The van der Waals surface area contributed by atoms with Gasteiger partial charge >= 0.3 is 6.01 Å². The van der Waals surface area contributed by atoms with E-state index in [0.717, 1.165) is 35.2 Å². The third-order valence-corrected chi connectivity index (χ3v) is 4.60. The highest BCUT2D eigenvalue weighted by Crippen LogP contribution is 2.18. The van der Waals surface area contributed by atoms with Crippen molar-refractivity contribution < 1.29 is 14.3 Å². The van der Waals surface area contributed by atoms with Crippen LogP contribution in [0.5, 0.6) is 11.8 Å². The van der Waals surface area contributed by atoms with Gasteiger partial charge in [0.05, 0.1) is 24.0 Å². The van der Waals surface area contributed by atoms with Crippen LogP contribution in [0.15, 0.2) is 41.1 Å². The van der Waals surface area contributed by atoms with Gasteiger partial charge in [-0.15, -0.1) is 0 Å². The van der Waals surface area contributed by atoms with Crippen molar-refractivity contribution in [1.29, 1.82) is 0 Å². The second-order valence-electron chi connectivity index (χ2n) is 6.16. The van der Waals surface area contributed by atoms with Gasteiger partial charge in [0.2, 0.25) is 5.91 Å².